The largest absolute Gasteiger partial charge is 0.389 e. The molecule has 1 aliphatic rings. The Bertz CT molecular complexity index is 409. The molecule has 0 radical (unpaired) electrons. The quantitative estimate of drug-likeness (QED) is 0.871. The third-order valence-corrected chi connectivity index (χ3v) is 4.13. The third-order valence-electron chi connectivity index (χ3n) is 4.13. The molecule has 2 unspecified atom stereocenters. The first kappa shape index (κ1) is 14.5. The zero-order valence-corrected chi connectivity index (χ0v) is 12.5. The van der Waals surface area contributed by atoms with E-state index in [4.69, 9.17) is 0 Å². The van der Waals surface area contributed by atoms with E-state index >= 15 is 0 Å². The maximum Gasteiger partial charge on any atom is 0.0774 e. The van der Waals surface area contributed by atoms with Gasteiger partial charge >= 0.3 is 0 Å². The Morgan fingerprint density at radius 3 is 2.58 bits per heavy atom. The molecule has 1 saturated carbocycles. The van der Waals surface area contributed by atoms with Gasteiger partial charge in [0.2, 0.25) is 0 Å². The van der Waals surface area contributed by atoms with Gasteiger partial charge in [-0.05, 0) is 38.2 Å². The van der Waals surface area contributed by atoms with Crippen LogP contribution in [0.15, 0.2) is 18.2 Å². The van der Waals surface area contributed by atoms with Crippen LogP contribution in [0.3, 0.4) is 0 Å². The van der Waals surface area contributed by atoms with Crippen molar-refractivity contribution in [2.45, 2.75) is 58.6 Å². The van der Waals surface area contributed by atoms with Crippen molar-refractivity contribution in [1.29, 1.82) is 0 Å². The first-order chi connectivity index (χ1) is 8.97. The molecule has 0 amide bonds. The van der Waals surface area contributed by atoms with Crippen LogP contribution in [0.4, 0.5) is 0 Å². The Hall–Kier alpha value is -0.860. The summed E-state index contributed by atoms with van der Waals surface area (Å²) < 4.78 is 0. The van der Waals surface area contributed by atoms with Gasteiger partial charge in [0.1, 0.15) is 0 Å². The molecular formula is C17H27NO. The summed E-state index contributed by atoms with van der Waals surface area (Å²) in [6, 6.07) is 6.63. The highest BCUT2D eigenvalue weighted by Gasteiger charge is 2.31. The van der Waals surface area contributed by atoms with Crippen molar-refractivity contribution in [3.05, 3.63) is 34.9 Å². The van der Waals surface area contributed by atoms with Crippen LogP contribution in [0.1, 0.15) is 49.3 Å². The normalized spacial score (nSPS) is 27.5. The minimum Gasteiger partial charge on any atom is -0.389 e. The summed E-state index contributed by atoms with van der Waals surface area (Å²) in [6.07, 6.45) is 4.30. The highest BCUT2D eigenvalue weighted by atomic mass is 16.3. The summed E-state index contributed by atoms with van der Waals surface area (Å²) in [5.74, 6) is 0.654. The zero-order chi connectivity index (χ0) is 13.9. The molecule has 1 fully saturated rings. The lowest BCUT2D eigenvalue weighted by Crippen LogP contribution is -2.43. The molecule has 1 aromatic carbocycles. The fourth-order valence-corrected chi connectivity index (χ4v) is 3.40. The van der Waals surface area contributed by atoms with E-state index in [2.05, 4.69) is 44.3 Å². The van der Waals surface area contributed by atoms with Crippen molar-refractivity contribution >= 4 is 0 Å². The predicted molar refractivity (Wildman–Crippen MR) is 80.2 cm³/mol. The molecule has 1 aromatic rings. The Balaban J connectivity index is 1.85. The maximum atomic E-state index is 10.6. The molecule has 2 nitrogen and oxygen atoms in total. The summed E-state index contributed by atoms with van der Waals surface area (Å²) in [7, 11) is 0. The van der Waals surface area contributed by atoms with Gasteiger partial charge in [-0.3, -0.25) is 0 Å². The zero-order valence-electron chi connectivity index (χ0n) is 12.5. The number of rotatable bonds is 4. The molecule has 0 aliphatic heterocycles. The standard InChI is InChI=1S/C17H27NO/c1-13-5-4-6-17(19,10-13)12-18-11-16-8-14(2)7-15(3)9-16/h7-9,13,18-19H,4-6,10-12H2,1-3H3. The number of hydrogen-bond donors (Lipinski definition) is 2. The predicted octanol–water partition coefficient (Wildman–Crippen LogP) is 3.33. The summed E-state index contributed by atoms with van der Waals surface area (Å²) in [4.78, 5) is 0. The summed E-state index contributed by atoms with van der Waals surface area (Å²) in [5.41, 5.74) is 3.44. The van der Waals surface area contributed by atoms with Crippen molar-refractivity contribution in [3.63, 3.8) is 0 Å². The van der Waals surface area contributed by atoms with E-state index in [-0.39, 0.29) is 0 Å². The minimum atomic E-state index is -0.490. The fourth-order valence-electron chi connectivity index (χ4n) is 3.40. The molecule has 2 N–H and O–H groups in total. The highest BCUT2D eigenvalue weighted by molar-refractivity contribution is 5.28. The van der Waals surface area contributed by atoms with Gasteiger partial charge in [0, 0.05) is 13.1 Å². The van der Waals surface area contributed by atoms with Crippen molar-refractivity contribution in [2.24, 2.45) is 5.92 Å². The summed E-state index contributed by atoms with van der Waals surface area (Å²) >= 11 is 0. The molecule has 0 saturated heterocycles. The topological polar surface area (TPSA) is 32.3 Å². The Labute approximate surface area is 117 Å². The van der Waals surface area contributed by atoms with E-state index in [1.165, 1.54) is 23.1 Å². The summed E-state index contributed by atoms with van der Waals surface area (Å²) in [5, 5.41) is 14.0. The van der Waals surface area contributed by atoms with Crippen molar-refractivity contribution < 1.29 is 5.11 Å². The van der Waals surface area contributed by atoms with E-state index in [1.54, 1.807) is 0 Å². The number of aliphatic hydroxyl groups is 1. The first-order valence-corrected chi connectivity index (χ1v) is 7.47. The molecule has 0 spiro atoms. The van der Waals surface area contributed by atoms with Gasteiger partial charge in [-0.15, -0.1) is 0 Å². The average molecular weight is 261 g/mol. The Morgan fingerprint density at radius 1 is 1.26 bits per heavy atom. The van der Waals surface area contributed by atoms with Crippen molar-refractivity contribution in [3.8, 4) is 0 Å². The number of benzene rings is 1. The molecule has 0 bridgehead atoms. The van der Waals surface area contributed by atoms with Gasteiger partial charge in [-0.2, -0.15) is 0 Å². The Kier molecular flexibility index (Phi) is 4.64. The molecule has 2 heteroatoms. The number of aryl methyl sites for hydroxylation is 2. The summed E-state index contributed by atoms with van der Waals surface area (Å²) in [6.45, 7) is 8.07. The molecule has 1 aliphatic carbocycles. The second-order valence-electron chi connectivity index (χ2n) is 6.53. The van der Waals surface area contributed by atoms with Crippen LogP contribution in [-0.4, -0.2) is 17.3 Å². The van der Waals surface area contributed by atoms with E-state index in [0.29, 0.717) is 12.5 Å². The van der Waals surface area contributed by atoms with Gasteiger partial charge in [-0.1, -0.05) is 49.1 Å². The van der Waals surface area contributed by atoms with Gasteiger partial charge in [0.15, 0.2) is 0 Å². The van der Waals surface area contributed by atoms with Gasteiger partial charge < -0.3 is 10.4 Å². The molecular weight excluding hydrogens is 234 g/mol. The minimum absolute atomic E-state index is 0.490. The molecule has 0 aromatic heterocycles. The monoisotopic (exact) mass is 261 g/mol. The lowest BCUT2D eigenvalue weighted by molar-refractivity contribution is -0.0119. The highest BCUT2D eigenvalue weighted by Crippen LogP contribution is 2.31. The molecule has 19 heavy (non-hydrogen) atoms. The first-order valence-electron chi connectivity index (χ1n) is 7.47. The third kappa shape index (κ3) is 4.32. The van der Waals surface area contributed by atoms with Crippen LogP contribution in [0.5, 0.6) is 0 Å². The lowest BCUT2D eigenvalue weighted by Gasteiger charge is -2.35. The smallest absolute Gasteiger partial charge is 0.0774 e. The van der Waals surface area contributed by atoms with E-state index in [0.717, 1.165) is 25.8 Å². The number of nitrogens with one attached hydrogen (secondary N) is 1. The van der Waals surface area contributed by atoms with Crippen LogP contribution < -0.4 is 5.32 Å². The van der Waals surface area contributed by atoms with Crippen LogP contribution >= 0.6 is 0 Å². The molecule has 0 heterocycles. The second kappa shape index (κ2) is 6.06. The van der Waals surface area contributed by atoms with Crippen LogP contribution in [-0.2, 0) is 6.54 Å². The molecule has 2 atom stereocenters. The van der Waals surface area contributed by atoms with E-state index in [9.17, 15) is 5.11 Å². The molecule has 2 rings (SSSR count). The molecule has 106 valence electrons. The van der Waals surface area contributed by atoms with Crippen LogP contribution in [0, 0.1) is 19.8 Å². The van der Waals surface area contributed by atoms with Crippen LogP contribution in [0.25, 0.3) is 0 Å². The maximum absolute atomic E-state index is 10.6. The average Bonchev–Trinajstić information content (AvgIpc) is 2.26. The van der Waals surface area contributed by atoms with Crippen molar-refractivity contribution in [1.82, 2.24) is 5.32 Å². The Morgan fingerprint density at radius 2 is 1.95 bits per heavy atom. The second-order valence-corrected chi connectivity index (χ2v) is 6.53. The van der Waals surface area contributed by atoms with E-state index in [1.807, 2.05) is 0 Å². The van der Waals surface area contributed by atoms with Gasteiger partial charge in [0.25, 0.3) is 0 Å². The van der Waals surface area contributed by atoms with Crippen LogP contribution in [0.2, 0.25) is 0 Å². The fraction of sp³-hybridized carbons (Fsp3) is 0.647. The lowest BCUT2D eigenvalue weighted by atomic mass is 9.79. The van der Waals surface area contributed by atoms with Gasteiger partial charge in [-0.25, -0.2) is 0 Å². The van der Waals surface area contributed by atoms with Crippen molar-refractivity contribution in [2.75, 3.05) is 6.54 Å². The van der Waals surface area contributed by atoms with Gasteiger partial charge in [0.05, 0.1) is 5.60 Å². The number of hydrogen-bond acceptors (Lipinski definition) is 2. The SMILES string of the molecule is Cc1cc(C)cc(CNCC2(O)CCCC(C)C2)c1. The van der Waals surface area contributed by atoms with E-state index < -0.39 is 5.60 Å².